The molecule has 1 aromatic carbocycles. The van der Waals surface area contributed by atoms with Gasteiger partial charge in [0.15, 0.2) is 0 Å². The second-order valence-corrected chi connectivity index (χ2v) is 4.21. The summed E-state index contributed by atoms with van der Waals surface area (Å²) in [6, 6.07) is 9.01. The van der Waals surface area contributed by atoms with Crippen molar-refractivity contribution in [1.82, 2.24) is 10.3 Å². The molecule has 0 aliphatic rings. The molecule has 2 N–H and O–H groups in total. The summed E-state index contributed by atoms with van der Waals surface area (Å²) in [6.07, 6.45) is 4.65. The number of rotatable bonds is 4. The van der Waals surface area contributed by atoms with Crippen LogP contribution in [0.4, 0.5) is 0 Å². The Hall–Kier alpha value is -2.36. The molecule has 0 saturated heterocycles. The second-order valence-electron chi connectivity index (χ2n) is 4.21. The van der Waals surface area contributed by atoms with Crippen LogP contribution in [-0.2, 0) is 0 Å². The molecule has 1 aromatic heterocycles. The van der Waals surface area contributed by atoms with Gasteiger partial charge in [0.05, 0.1) is 0 Å². The van der Waals surface area contributed by atoms with Crippen LogP contribution < -0.4 is 10.9 Å². The SMILES string of the molecule is CC=CCCNC(=O)c1cc2ccccc2[nH]c1=O. The quantitative estimate of drug-likeness (QED) is 0.651. The summed E-state index contributed by atoms with van der Waals surface area (Å²) in [7, 11) is 0. The van der Waals surface area contributed by atoms with Crippen LogP contribution >= 0.6 is 0 Å². The maximum absolute atomic E-state index is 11.9. The smallest absolute Gasteiger partial charge is 0.261 e. The first kappa shape index (κ1) is 13.1. The third-order valence-corrected chi connectivity index (χ3v) is 2.83. The van der Waals surface area contributed by atoms with E-state index < -0.39 is 0 Å². The van der Waals surface area contributed by atoms with E-state index in [1.165, 1.54) is 0 Å². The summed E-state index contributed by atoms with van der Waals surface area (Å²) in [5, 5.41) is 3.58. The number of hydrogen-bond donors (Lipinski definition) is 2. The minimum Gasteiger partial charge on any atom is -0.352 e. The summed E-state index contributed by atoms with van der Waals surface area (Å²) in [5.41, 5.74) is 0.527. The number of aromatic nitrogens is 1. The number of carbonyl (C=O) groups is 1. The van der Waals surface area contributed by atoms with Gasteiger partial charge < -0.3 is 10.3 Å². The first-order chi connectivity index (χ1) is 9.22. The number of carbonyl (C=O) groups excluding carboxylic acids is 1. The average molecular weight is 256 g/mol. The molecule has 98 valence electrons. The molecule has 0 spiro atoms. The van der Waals surface area contributed by atoms with Gasteiger partial charge in [-0.05, 0) is 30.9 Å². The molecule has 0 radical (unpaired) electrons. The van der Waals surface area contributed by atoms with E-state index in [9.17, 15) is 9.59 Å². The predicted octanol–water partition coefficient (Wildman–Crippen LogP) is 2.22. The van der Waals surface area contributed by atoms with Crippen LogP contribution in [-0.4, -0.2) is 17.4 Å². The zero-order valence-electron chi connectivity index (χ0n) is 10.8. The molecule has 0 atom stereocenters. The Labute approximate surface area is 111 Å². The zero-order chi connectivity index (χ0) is 13.7. The molecule has 1 amide bonds. The lowest BCUT2D eigenvalue weighted by Gasteiger charge is -2.04. The summed E-state index contributed by atoms with van der Waals surface area (Å²) < 4.78 is 0. The van der Waals surface area contributed by atoms with E-state index in [0.29, 0.717) is 6.54 Å². The monoisotopic (exact) mass is 256 g/mol. The van der Waals surface area contributed by atoms with Crippen molar-refractivity contribution in [2.75, 3.05) is 6.54 Å². The van der Waals surface area contributed by atoms with Crippen LogP contribution in [0, 0.1) is 0 Å². The molecule has 0 aliphatic carbocycles. The number of hydrogen-bond acceptors (Lipinski definition) is 2. The Morgan fingerprint density at radius 1 is 1.37 bits per heavy atom. The predicted molar refractivity (Wildman–Crippen MR) is 76.3 cm³/mol. The van der Waals surface area contributed by atoms with Crippen LogP contribution in [0.25, 0.3) is 10.9 Å². The fraction of sp³-hybridized carbons (Fsp3) is 0.200. The fourth-order valence-corrected chi connectivity index (χ4v) is 1.85. The van der Waals surface area contributed by atoms with Gasteiger partial charge in [0, 0.05) is 12.1 Å². The first-order valence-corrected chi connectivity index (χ1v) is 6.24. The number of fused-ring (bicyclic) bond motifs is 1. The van der Waals surface area contributed by atoms with Crippen LogP contribution in [0.5, 0.6) is 0 Å². The summed E-state index contributed by atoms with van der Waals surface area (Å²) >= 11 is 0. The van der Waals surface area contributed by atoms with Gasteiger partial charge in [-0.15, -0.1) is 0 Å². The molecule has 0 unspecified atom stereocenters. The largest absolute Gasteiger partial charge is 0.352 e. The molecule has 2 aromatic rings. The molecule has 0 bridgehead atoms. The van der Waals surface area contributed by atoms with Gasteiger partial charge in [-0.1, -0.05) is 30.4 Å². The molecule has 1 heterocycles. The number of H-pyrrole nitrogens is 1. The molecule has 2 rings (SSSR count). The Balaban J connectivity index is 2.22. The van der Waals surface area contributed by atoms with Gasteiger partial charge in [0.25, 0.3) is 11.5 Å². The van der Waals surface area contributed by atoms with E-state index in [0.717, 1.165) is 17.3 Å². The third-order valence-electron chi connectivity index (χ3n) is 2.83. The van der Waals surface area contributed by atoms with E-state index in [1.807, 2.05) is 43.3 Å². The van der Waals surface area contributed by atoms with Crippen LogP contribution in [0.15, 0.2) is 47.3 Å². The lowest BCUT2D eigenvalue weighted by Crippen LogP contribution is -2.30. The van der Waals surface area contributed by atoms with Gasteiger partial charge in [0.1, 0.15) is 5.56 Å². The molecule has 0 saturated carbocycles. The number of pyridine rings is 1. The van der Waals surface area contributed by atoms with Crippen molar-refractivity contribution in [1.29, 1.82) is 0 Å². The fourth-order valence-electron chi connectivity index (χ4n) is 1.85. The minimum atomic E-state index is -0.359. The van der Waals surface area contributed by atoms with Crippen molar-refractivity contribution in [2.24, 2.45) is 0 Å². The van der Waals surface area contributed by atoms with Crippen molar-refractivity contribution in [3.05, 3.63) is 58.4 Å². The van der Waals surface area contributed by atoms with Crippen molar-refractivity contribution in [3.8, 4) is 0 Å². The van der Waals surface area contributed by atoms with Crippen LogP contribution in [0.1, 0.15) is 23.7 Å². The van der Waals surface area contributed by atoms with E-state index in [2.05, 4.69) is 10.3 Å². The Morgan fingerprint density at radius 2 is 2.16 bits per heavy atom. The van der Waals surface area contributed by atoms with Crippen molar-refractivity contribution in [2.45, 2.75) is 13.3 Å². The number of para-hydroxylation sites is 1. The summed E-state index contributed by atoms with van der Waals surface area (Å²) in [6.45, 7) is 2.45. The van der Waals surface area contributed by atoms with Crippen molar-refractivity contribution in [3.63, 3.8) is 0 Å². The highest BCUT2D eigenvalue weighted by molar-refractivity contribution is 5.97. The molecular formula is C15H16N2O2. The number of nitrogens with one attached hydrogen (secondary N) is 2. The molecule has 0 fully saturated rings. The highest BCUT2D eigenvalue weighted by Gasteiger charge is 2.10. The third kappa shape index (κ3) is 3.10. The van der Waals surface area contributed by atoms with E-state index in [1.54, 1.807) is 6.07 Å². The number of allylic oxidation sites excluding steroid dienone is 1. The summed E-state index contributed by atoms with van der Waals surface area (Å²) in [5.74, 6) is -0.337. The van der Waals surface area contributed by atoms with Gasteiger partial charge >= 0.3 is 0 Å². The topological polar surface area (TPSA) is 62.0 Å². The van der Waals surface area contributed by atoms with Crippen LogP contribution in [0.2, 0.25) is 0 Å². The molecule has 0 aliphatic heterocycles. The maximum atomic E-state index is 11.9. The number of aromatic amines is 1. The minimum absolute atomic E-state index is 0.152. The van der Waals surface area contributed by atoms with Gasteiger partial charge in [-0.25, -0.2) is 0 Å². The van der Waals surface area contributed by atoms with Gasteiger partial charge in [0.2, 0.25) is 0 Å². The van der Waals surface area contributed by atoms with E-state index in [-0.39, 0.29) is 17.0 Å². The average Bonchev–Trinajstić information content (AvgIpc) is 2.42. The Morgan fingerprint density at radius 3 is 2.95 bits per heavy atom. The second kappa shape index (κ2) is 6.00. The lowest BCUT2D eigenvalue weighted by atomic mass is 10.1. The van der Waals surface area contributed by atoms with E-state index >= 15 is 0 Å². The van der Waals surface area contributed by atoms with E-state index in [4.69, 9.17) is 0 Å². The summed E-state index contributed by atoms with van der Waals surface area (Å²) in [4.78, 5) is 26.5. The zero-order valence-corrected chi connectivity index (χ0v) is 10.8. The van der Waals surface area contributed by atoms with Gasteiger partial charge in [-0.3, -0.25) is 9.59 Å². The maximum Gasteiger partial charge on any atom is 0.261 e. The highest BCUT2D eigenvalue weighted by atomic mass is 16.2. The van der Waals surface area contributed by atoms with Crippen LogP contribution in [0.3, 0.4) is 0 Å². The number of benzene rings is 1. The van der Waals surface area contributed by atoms with Crippen molar-refractivity contribution < 1.29 is 4.79 Å². The highest BCUT2D eigenvalue weighted by Crippen LogP contribution is 2.09. The Bertz CT molecular complexity index is 671. The molecule has 4 heteroatoms. The number of amides is 1. The molecular weight excluding hydrogens is 240 g/mol. The molecule has 19 heavy (non-hydrogen) atoms. The standard InChI is InChI=1S/C15H16N2O2/c1-2-3-6-9-16-14(18)12-10-11-7-4-5-8-13(11)17-15(12)19/h2-5,7-8,10H,6,9H2,1H3,(H,16,18)(H,17,19). The van der Waals surface area contributed by atoms with Gasteiger partial charge in [-0.2, -0.15) is 0 Å². The normalized spacial score (nSPS) is 11.0. The molecule has 4 nitrogen and oxygen atoms in total. The Kier molecular flexibility index (Phi) is 4.13. The first-order valence-electron chi connectivity index (χ1n) is 6.24. The van der Waals surface area contributed by atoms with Crippen molar-refractivity contribution >= 4 is 16.8 Å². The lowest BCUT2D eigenvalue weighted by molar-refractivity contribution is 0.0953.